The summed E-state index contributed by atoms with van der Waals surface area (Å²) in [5, 5.41) is 4.80. The number of rotatable bonds is 3. The van der Waals surface area contributed by atoms with Gasteiger partial charge < -0.3 is 9.42 Å². The van der Waals surface area contributed by atoms with Gasteiger partial charge in [-0.15, -0.1) is 0 Å². The summed E-state index contributed by atoms with van der Waals surface area (Å²) in [5.41, 5.74) is 0.316. The lowest BCUT2D eigenvalue weighted by Crippen LogP contribution is -2.35. The molecule has 1 aromatic heterocycles. The summed E-state index contributed by atoms with van der Waals surface area (Å²) in [6.45, 7) is 0.361. The highest BCUT2D eigenvalue weighted by molar-refractivity contribution is 5.81. The third kappa shape index (κ3) is 3.18. The maximum atomic E-state index is 13.4. The highest BCUT2D eigenvalue weighted by atomic mass is 19.4. The quantitative estimate of drug-likeness (QED) is 0.611. The summed E-state index contributed by atoms with van der Waals surface area (Å²) >= 11 is 0. The highest BCUT2D eigenvalue weighted by Gasteiger charge is 2.39. The molecule has 7 heteroatoms. The number of carbonyl (C=O) groups excluding carboxylic acids is 1. The number of carbonyl (C=O) groups is 1. The molecular formula is C20H17F3N2O2. The molecule has 27 heavy (non-hydrogen) atoms. The molecule has 1 amide bonds. The predicted molar refractivity (Wildman–Crippen MR) is 92.9 cm³/mol. The lowest BCUT2D eigenvalue weighted by atomic mass is 9.82. The van der Waals surface area contributed by atoms with Crippen molar-refractivity contribution in [3.63, 3.8) is 0 Å². The second-order valence-electron chi connectivity index (χ2n) is 6.73. The summed E-state index contributed by atoms with van der Waals surface area (Å²) in [6, 6.07) is 12.5. The largest absolute Gasteiger partial charge is 0.416 e. The Labute approximate surface area is 153 Å². The number of nitrogens with zero attached hydrogens (tertiary/aromatic N) is 2. The van der Waals surface area contributed by atoms with E-state index in [1.165, 1.54) is 12.1 Å². The van der Waals surface area contributed by atoms with Crippen LogP contribution >= 0.6 is 0 Å². The molecule has 0 bridgehead atoms. The maximum Gasteiger partial charge on any atom is 0.416 e. The molecule has 4 rings (SSSR count). The van der Waals surface area contributed by atoms with Gasteiger partial charge in [-0.05, 0) is 42.5 Å². The minimum absolute atomic E-state index is 0.268. The van der Waals surface area contributed by atoms with Gasteiger partial charge in [0.2, 0.25) is 6.41 Å². The van der Waals surface area contributed by atoms with E-state index in [9.17, 15) is 18.0 Å². The fourth-order valence-corrected chi connectivity index (χ4v) is 3.91. The van der Waals surface area contributed by atoms with Crippen LogP contribution in [0.2, 0.25) is 0 Å². The molecular weight excluding hydrogens is 357 g/mol. The third-order valence-corrected chi connectivity index (χ3v) is 5.20. The normalized spacial score (nSPS) is 20.8. The Kier molecular flexibility index (Phi) is 4.37. The van der Waals surface area contributed by atoms with Crippen molar-refractivity contribution < 1.29 is 22.5 Å². The number of aromatic nitrogens is 1. The molecule has 1 aliphatic heterocycles. The molecule has 140 valence electrons. The second kappa shape index (κ2) is 6.72. The van der Waals surface area contributed by atoms with Crippen molar-refractivity contribution >= 4 is 17.3 Å². The number of benzene rings is 2. The van der Waals surface area contributed by atoms with Crippen molar-refractivity contribution in [3.8, 4) is 0 Å². The Hall–Kier alpha value is -2.83. The van der Waals surface area contributed by atoms with E-state index in [4.69, 9.17) is 4.52 Å². The molecule has 0 spiro atoms. The van der Waals surface area contributed by atoms with Crippen LogP contribution in [-0.2, 0) is 11.0 Å². The highest BCUT2D eigenvalue weighted by Crippen LogP contribution is 2.44. The molecule has 4 nitrogen and oxygen atoms in total. The number of hydrogen-bond acceptors (Lipinski definition) is 3. The van der Waals surface area contributed by atoms with E-state index in [0.29, 0.717) is 30.7 Å². The Morgan fingerprint density at radius 1 is 1.11 bits per heavy atom. The molecule has 1 fully saturated rings. The van der Waals surface area contributed by atoms with E-state index in [0.717, 1.165) is 17.9 Å². The molecule has 1 aliphatic rings. The lowest BCUT2D eigenvalue weighted by Gasteiger charge is -2.37. The van der Waals surface area contributed by atoms with Gasteiger partial charge in [0.1, 0.15) is 5.52 Å². The van der Waals surface area contributed by atoms with Crippen LogP contribution in [0.3, 0.4) is 0 Å². The monoisotopic (exact) mass is 374 g/mol. The van der Waals surface area contributed by atoms with Gasteiger partial charge in [-0.1, -0.05) is 35.5 Å². The third-order valence-electron chi connectivity index (χ3n) is 5.20. The fraction of sp³-hybridized carbons (Fsp3) is 0.300. The topological polar surface area (TPSA) is 46.3 Å². The van der Waals surface area contributed by atoms with Crippen LogP contribution in [0, 0.1) is 0 Å². The summed E-state index contributed by atoms with van der Waals surface area (Å²) in [7, 11) is 0. The molecule has 2 atom stereocenters. The standard InChI is InChI=1S/C20H17F3N2O2/c21-20(22,23)16-7-3-1-5-14(16)13-9-10-25(12-26)18(11-13)19-15-6-2-4-8-17(15)24-27-19/h1-8,12-13,18H,9-11H2. The molecule has 2 unspecified atom stereocenters. The van der Waals surface area contributed by atoms with Gasteiger partial charge in [0.15, 0.2) is 5.76 Å². The first-order valence-corrected chi connectivity index (χ1v) is 8.70. The zero-order valence-electron chi connectivity index (χ0n) is 14.3. The summed E-state index contributed by atoms with van der Waals surface area (Å²) in [4.78, 5) is 13.1. The van der Waals surface area contributed by atoms with Crippen molar-refractivity contribution in [2.45, 2.75) is 31.0 Å². The average Bonchev–Trinajstić information content (AvgIpc) is 3.11. The number of hydrogen-bond donors (Lipinski definition) is 0. The van der Waals surface area contributed by atoms with Crippen LogP contribution in [-0.4, -0.2) is 23.0 Å². The molecule has 1 saturated heterocycles. The maximum absolute atomic E-state index is 13.4. The SMILES string of the molecule is O=CN1CCC(c2ccccc2C(F)(F)F)CC1c1onc2ccccc12. The summed E-state index contributed by atoms with van der Waals surface area (Å²) < 4.78 is 45.8. The Bertz CT molecular complexity index is 967. The first kappa shape index (κ1) is 17.6. The van der Waals surface area contributed by atoms with Gasteiger partial charge in [-0.25, -0.2) is 0 Å². The van der Waals surface area contributed by atoms with Gasteiger partial charge in [-0.3, -0.25) is 4.79 Å². The summed E-state index contributed by atoms with van der Waals surface area (Å²) in [6.07, 6.45) is -2.86. The fourth-order valence-electron chi connectivity index (χ4n) is 3.91. The molecule has 0 N–H and O–H groups in total. The van der Waals surface area contributed by atoms with Crippen LogP contribution in [0.15, 0.2) is 53.1 Å². The molecule has 3 aromatic rings. The van der Waals surface area contributed by atoms with Gasteiger partial charge in [-0.2, -0.15) is 13.2 Å². The zero-order valence-corrected chi connectivity index (χ0v) is 14.3. The van der Waals surface area contributed by atoms with E-state index < -0.39 is 17.8 Å². The Morgan fingerprint density at radius 3 is 2.63 bits per heavy atom. The predicted octanol–water partition coefficient (Wildman–Crippen LogP) is 4.92. The van der Waals surface area contributed by atoms with Crippen molar-refractivity contribution in [1.29, 1.82) is 0 Å². The molecule has 0 aliphatic carbocycles. The first-order chi connectivity index (χ1) is 13.0. The first-order valence-electron chi connectivity index (χ1n) is 8.70. The Balaban J connectivity index is 1.73. The van der Waals surface area contributed by atoms with Crippen LogP contribution < -0.4 is 0 Å². The van der Waals surface area contributed by atoms with Crippen LogP contribution in [0.1, 0.15) is 41.7 Å². The smallest absolute Gasteiger partial charge is 0.358 e. The van der Waals surface area contributed by atoms with Gasteiger partial charge >= 0.3 is 6.18 Å². The van der Waals surface area contributed by atoms with Crippen LogP contribution in [0.5, 0.6) is 0 Å². The van der Waals surface area contributed by atoms with Gasteiger partial charge in [0.05, 0.1) is 11.6 Å². The molecule has 2 aromatic carbocycles. The number of likely N-dealkylation sites (tertiary alicyclic amines) is 1. The second-order valence-corrected chi connectivity index (χ2v) is 6.73. The van der Waals surface area contributed by atoms with Crippen molar-refractivity contribution in [3.05, 3.63) is 65.4 Å². The molecule has 0 saturated carbocycles. The van der Waals surface area contributed by atoms with Crippen molar-refractivity contribution in [2.75, 3.05) is 6.54 Å². The van der Waals surface area contributed by atoms with Gasteiger partial charge in [0.25, 0.3) is 0 Å². The van der Waals surface area contributed by atoms with E-state index in [1.807, 2.05) is 18.2 Å². The van der Waals surface area contributed by atoms with Crippen LogP contribution in [0.25, 0.3) is 10.9 Å². The number of amides is 1. The van der Waals surface area contributed by atoms with E-state index in [1.54, 1.807) is 17.0 Å². The van der Waals surface area contributed by atoms with Gasteiger partial charge in [0, 0.05) is 11.9 Å². The number of piperidine rings is 1. The van der Waals surface area contributed by atoms with E-state index >= 15 is 0 Å². The summed E-state index contributed by atoms with van der Waals surface area (Å²) in [5.74, 6) is 0.194. The number of halogens is 3. The van der Waals surface area contributed by atoms with Crippen molar-refractivity contribution in [1.82, 2.24) is 10.1 Å². The van der Waals surface area contributed by atoms with E-state index in [2.05, 4.69) is 5.16 Å². The number of alkyl halides is 3. The minimum atomic E-state index is -4.41. The van der Waals surface area contributed by atoms with E-state index in [-0.39, 0.29) is 11.5 Å². The zero-order chi connectivity index (χ0) is 19.0. The molecule has 2 heterocycles. The minimum Gasteiger partial charge on any atom is -0.358 e. The lowest BCUT2D eigenvalue weighted by molar-refractivity contribution is -0.138. The van der Waals surface area contributed by atoms with Crippen LogP contribution in [0.4, 0.5) is 13.2 Å². The number of fused-ring (bicyclic) bond motifs is 1. The Morgan fingerprint density at radius 2 is 1.85 bits per heavy atom. The average molecular weight is 374 g/mol. The van der Waals surface area contributed by atoms with Crippen molar-refractivity contribution in [2.24, 2.45) is 0 Å². The molecule has 0 radical (unpaired) electrons.